The summed E-state index contributed by atoms with van der Waals surface area (Å²) in [5.41, 5.74) is 1.45. The maximum absolute atomic E-state index is 9.82. The van der Waals surface area contributed by atoms with E-state index in [4.69, 9.17) is 0 Å². The Morgan fingerprint density at radius 3 is 1.94 bits per heavy atom. The Morgan fingerprint density at radius 1 is 1.12 bits per heavy atom. The lowest BCUT2D eigenvalue weighted by molar-refractivity contribution is -0.311. The van der Waals surface area contributed by atoms with E-state index in [-0.39, 0.29) is 5.92 Å². The Bertz CT molecular complexity index is 306. The summed E-state index contributed by atoms with van der Waals surface area (Å²) in [6.45, 7) is 7.93. The molecule has 0 aromatic heterocycles. The van der Waals surface area contributed by atoms with Crippen molar-refractivity contribution < 1.29 is 9.90 Å². The first kappa shape index (κ1) is 15.7. The average Bonchev–Trinajstić information content (AvgIpc) is 2.38. The standard InChI is InChI=1S/C10H14.C5H10O2/c1-3-9(2)10-7-5-4-6-8-10;1-3-4(2)5(6)7/h4-9H,3H2,1-2H3;4H,3H2,1-2H3,(H,6,7)/p-1. The first-order valence-electron chi connectivity index (χ1n) is 6.28. The molecular formula is C15H23O2-. The van der Waals surface area contributed by atoms with Gasteiger partial charge in [-0.2, -0.15) is 0 Å². The number of benzene rings is 1. The van der Waals surface area contributed by atoms with Crippen molar-refractivity contribution in [1.82, 2.24) is 0 Å². The van der Waals surface area contributed by atoms with Crippen LogP contribution in [0.1, 0.15) is 52.0 Å². The molecule has 0 aliphatic carbocycles. The van der Waals surface area contributed by atoms with Crippen LogP contribution in [0.4, 0.5) is 0 Å². The molecule has 1 rings (SSSR count). The van der Waals surface area contributed by atoms with Gasteiger partial charge in [-0.25, -0.2) is 0 Å². The molecule has 1 aromatic rings. The van der Waals surface area contributed by atoms with E-state index in [9.17, 15) is 9.90 Å². The van der Waals surface area contributed by atoms with Crippen molar-refractivity contribution in [1.29, 1.82) is 0 Å². The molecule has 2 atom stereocenters. The molecule has 2 heteroatoms. The van der Waals surface area contributed by atoms with Gasteiger partial charge in [0.2, 0.25) is 0 Å². The molecule has 0 heterocycles. The third-order valence-electron chi connectivity index (χ3n) is 3.00. The minimum Gasteiger partial charge on any atom is -0.550 e. The topological polar surface area (TPSA) is 40.1 Å². The minimum atomic E-state index is -0.956. The molecule has 1 aromatic carbocycles. The van der Waals surface area contributed by atoms with Crippen LogP contribution in [0, 0.1) is 5.92 Å². The number of carboxylic acid groups (broad SMARTS) is 1. The minimum absolute atomic E-state index is 0.292. The lowest BCUT2D eigenvalue weighted by Crippen LogP contribution is -2.28. The molecule has 0 aliphatic heterocycles. The summed E-state index contributed by atoms with van der Waals surface area (Å²) in [6, 6.07) is 10.6. The summed E-state index contributed by atoms with van der Waals surface area (Å²) in [6.07, 6.45) is 1.88. The van der Waals surface area contributed by atoms with Crippen molar-refractivity contribution in [2.24, 2.45) is 5.92 Å². The van der Waals surface area contributed by atoms with Crippen LogP contribution in [-0.4, -0.2) is 5.97 Å². The number of carbonyl (C=O) groups excluding carboxylic acids is 1. The Morgan fingerprint density at radius 2 is 1.65 bits per heavy atom. The van der Waals surface area contributed by atoms with Crippen LogP contribution >= 0.6 is 0 Å². The van der Waals surface area contributed by atoms with E-state index in [0.29, 0.717) is 12.3 Å². The highest BCUT2D eigenvalue weighted by Crippen LogP contribution is 2.16. The second kappa shape index (κ2) is 8.80. The summed E-state index contributed by atoms with van der Waals surface area (Å²) >= 11 is 0. The molecule has 0 fully saturated rings. The van der Waals surface area contributed by atoms with Gasteiger partial charge in [0.1, 0.15) is 0 Å². The molecular weight excluding hydrogens is 212 g/mol. The molecule has 0 bridgehead atoms. The summed E-state index contributed by atoms with van der Waals surface area (Å²) in [4.78, 5) is 9.82. The normalized spacial score (nSPS) is 13.2. The largest absolute Gasteiger partial charge is 0.550 e. The molecule has 96 valence electrons. The first-order chi connectivity index (χ1) is 8.02. The number of carbonyl (C=O) groups is 1. The Labute approximate surface area is 105 Å². The van der Waals surface area contributed by atoms with Crippen LogP contribution in [0.15, 0.2) is 30.3 Å². The zero-order valence-electron chi connectivity index (χ0n) is 11.3. The molecule has 0 aliphatic rings. The SMILES string of the molecule is CCC(C)C(=O)[O-].CCC(C)c1ccccc1. The van der Waals surface area contributed by atoms with E-state index in [1.807, 2.05) is 6.92 Å². The van der Waals surface area contributed by atoms with Gasteiger partial charge in [0.25, 0.3) is 0 Å². The maximum atomic E-state index is 9.82. The van der Waals surface area contributed by atoms with E-state index in [0.717, 1.165) is 0 Å². The third-order valence-corrected chi connectivity index (χ3v) is 3.00. The molecule has 0 amide bonds. The van der Waals surface area contributed by atoms with E-state index in [1.54, 1.807) is 6.92 Å². The van der Waals surface area contributed by atoms with Crippen molar-refractivity contribution in [3.05, 3.63) is 35.9 Å². The predicted molar refractivity (Wildman–Crippen MR) is 69.6 cm³/mol. The number of carboxylic acids is 1. The van der Waals surface area contributed by atoms with Crippen molar-refractivity contribution in [2.45, 2.75) is 46.5 Å². The fourth-order valence-corrected chi connectivity index (χ4v) is 1.18. The van der Waals surface area contributed by atoms with Gasteiger partial charge in [-0.05, 0) is 30.2 Å². The highest BCUT2D eigenvalue weighted by Gasteiger charge is 1.98. The van der Waals surface area contributed by atoms with Crippen LogP contribution in [-0.2, 0) is 4.79 Å². The lowest BCUT2D eigenvalue weighted by atomic mass is 9.99. The van der Waals surface area contributed by atoms with Gasteiger partial charge < -0.3 is 9.90 Å². The number of hydrogen-bond acceptors (Lipinski definition) is 2. The van der Waals surface area contributed by atoms with E-state index < -0.39 is 5.97 Å². The van der Waals surface area contributed by atoms with Crippen LogP contribution in [0.25, 0.3) is 0 Å². The molecule has 0 saturated carbocycles. The van der Waals surface area contributed by atoms with Crippen LogP contribution in [0.2, 0.25) is 0 Å². The van der Waals surface area contributed by atoms with Crippen molar-refractivity contribution in [2.75, 3.05) is 0 Å². The molecule has 0 N–H and O–H groups in total. The third kappa shape index (κ3) is 6.77. The fraction of sp³-hybridized carbons (Fsp3) is 0.533. The first-order valence-corrected chi connectivity index (χ1v) is 6.28. The second-order valence-corrected chi connectivity index (χ2v) is 4.35. The Hall–Kier alpha value is -1.31. The van der Waals surface area contributed by atoms with Gasteiger partial charge in [0.15, 0.2) is 0 Å². The van der Waals surface area contributed by atoms with Gasteiger partial charge >= 0.3 is 0 Å². The fourth-order valence-electron chi connectivity index (χ4n) is 1.18. The number of hydrogen-bond donors (Lipinski definition) is 0. The van der Waals surface area contributed by atoms with Crippen molar-refractivity contribution in [3.8, 4) is 0 Å². The summed E-state index contributed by atoms with van der Waals surface area (Å²) in [7, 11) is 0. The maximum Gasteiger partial charge on any atom is 0.0442 e. The van der Waals surface area contributed by atoms with E-state index >= 15 is 0 Å². The summed E-state index contributed by atoms with van der Waals surface area (Å²) in [5.74, 6) is -0.538. The highest BCUT2D eigenvalue weighted by atomic mass is 16.4. The Kier molecular flexibility index (Phi) is 8.12. The molecule has 0 saturated heterocycles. The summed E-state index contributed by atoms with van der Waals surface area (Å²) < 4.78 is 0. The molecule has 2 unspecified atom stereocenters. The van der Waals surface area contributed by atoms with Gasteiger partial charge in [0, 0.05) is 5.97 Å². The number of aliphatic carboxylic acids is 1. The van der Waals surface area contributed by atoms with E-state index in [1.165, 1.54) is 12.0 Å². The van der Waals surface area contributed by atoms with Gasteiger partial charge in [-0.1, -0.05) is 58.0 Å². The van der Waals surface area contributed by atoms with Crippen molar-refractivity contribution >= 4 is 5.97 Å². The second-order valence-electron chi connectivity index (χ2n) is 4.35. The zero-order chi connectivity index (χ0) is 13.3. The Balaban J connectivity index is 0.000000325. The van der Waals surface area contributed by atoms with Crippen molar-refractivity contribution in [3.63, 3.8) is 0 Å². The van der Waals surface area contributed by atoms with Gasteiger partial charge in [-0.3, -0.25) is 0 Å². The quantitative estimate of drug-likeness (QED) is 0.805. The van der Waals surface area contributed by atoms with Crippen LogP contribution in [0.5, 0.6) is 0 Å². The van der Waals surface area contributed by atoms with Gasteiger partial charge in [0.05, 0.1) is 0 Å². The smallest absolute Gasteiger partial charge is 0.0442 e. The molecule has 17 heavy (non-hydrogen) atoms. The lowest BCUT2D eigenvalue weighted by Gasteiger charge is -2.06. The van der Waals surface area contributed by atoms with Gasteiger partial charge in [-0.15, -0.1) is 0 Å². The highest BCUT2D eigenvalue weighted by molar-refractivity contribution is 5.66. The average molecular weight is 235 g/mol. The molecule has 0 radical (unpaired) electrons. The number of rotatable bonds is 4. The van der Waals surface area contributed by atoms with E-state index in [2.05, 4.69) is 44.2 Å². The van der Waals surface area contributed by atoms with Crippen LogP contribution < -0.4 is 5.11 Å². The molecule has 0 spiro atoms. The summed E-state index contributed by atoms with van der Waals surface area (Å²) in [5, 5.41) is 9.82. The predicted octanol–water partition coefficient (Wildman–Crippen LogP) is 2.98. The molecule has 2 nitrogen and oxygen atoms in total. The monoisotopic (exact) mass is 235 g/mol. The zero-order valence-corrected chi connectivity index (χ0v) is 11.3. The van der Waals surface area contributed by atoms with Crippen LogP contribution in [0.3, 0.4) is 0 Å².